The summed E-state index contributed by atoms with van der Waals surface area (Å²) >= 11 is 1.99. The van der Waals surface area contributed by atoms with E-state index in [1.807, 2.05) is 23.0 Å². The van der Waals surface area contributed by atoms with Gasteiger partial charge >= 0.3 is 0 Å². The first-order valence-corrected chi connectivity index (χ1v) is 8.04. The first kappa shape index (κ1) is 18.7. The molecule has 0 aliphatic rings. The molecule has 0 atom stereocenters. The van der Waals surface area contributed by atoms with Crippen molar-refractivity contribution in [2.24, 2.45) is 11.3 Å². The second-order valence-electron chi connectivity index (χ2n) is 6.88. The average Bonchev–Trinajstić information content (AvgIpc) is 2.28. The van der Waals surface area contributed by atoms with Crippen LogP contribution in [0.3, 0.4) is 0 Å². The Hall–Kier alpha value is 0.650. The van der Waals surface area contributed by atoms with Crippen molar-refractivity contribution in [1.29, 1.82) is 0 Å². The van der Waals surface area contributed by atoms with Crippen LogP contribution in [-0.2, 0) is 3.07 Å². The number of halogens is 1. The number of hydrogen-bond donors (Lipinski definition) is 0. The molecule has 0 spiro atoms. The van der Waals surface area contributed by atoms with E-state index in [-0.39, 0.29) is 5.54 Å². The lowest BCUT2D eigenvalue weighted by molar-refractivity contribution is 0.0547. The highest BCUT2D eigenvalue weighted by molar-refractivity contribution is 14.1. The molecule has 18 heavy (non-hydrogen) atoms. The van der Waals surface area contributed by atoms with Gasteiger partial charge in [-0.2, -0.15) is 0 Å². The van der Waals surface area contributed by atoms with Gasteiger partial charge in [0.1, 0.15) is 23.0 Å². The summed E-state index contributed by atoms with van der Waals surface area (Å²) < 4.78 is 5.23. The van der Waals surface area contributed by atoms with E-state index in [1.165, 1.54) is 12.8 Å². The van der Waals surface area contributed by atoms with E-state index in [4.69, 9.17) is 3.07 Å². The molecule has 0 heterocycles. The van der Waals surface area contributed by atoms with E-state index in [0.29, 0.717) is 11.3 Å². The number of hydrogen-bond acceptors (Lipinski definition) is 2. The predicted octanol–water partition coefficient (Wildman–Crippen LogP) is 4.92. The summed E-state index contributed by atoms with van der Waals surface area (Å²) in [6.45, 7) is 19.3. The minimum absolute atomic E-state index is 0.235. The molecule has 0 aliphatic heterocycles. The number of nitrogens with zero attached hydrogens (tertiary/aromatic N) is 1. The van der Waals surface area contributed by atoms with Crippen molar-refractivity contribution in [3.63, 3.8) is 0 Å². The van der Waals surface area contributed by atoms with Gasteiger partial charge in [-0.15, -0.1) is 0 Å². The van der Waals surface area contributed by atoms with Crippen LogP contribution >= 0.6 is 23.0 Å². The fourth-order valence-corrected chi connectivity index (χ4v) is 2.01. The van der Waals surface area contributed by atoms with E-state index >= 15 is 0 Å². The fraction of sp³-hybridized carbons (Fsp3) is 1.00. The Morgan fingerprint density at radius 3 is 2.06 bits per heavy atom. The third-order valence-electron chi connectivity index (χ3n) is 4.68. The molecule has 0 aliphatic carbocycles. The van der Waals surface area contributed by atoms with Gasteiger partial charge in [-0.3, -0.25) is 4.90 Å². The van der Waals surface area contributed by atoms with Crippen molar-refractivity contribution >= 4 is 23.0 Å². The smallest absolute Gasteiger partial charge is 0.109 e. The van der Waals surface area contributed by atoms with Gasteiger partial charge in [0.2, 0.25) is 0 Å². The first-order valence-electron chi connectivity index (χ1n) is 7.16. The highest BCUT2D eigenvalue weighted by Crippen LogP contribution is 2.29. The lowest BCUT2D eigenvalue weighted by atomic mass is 9.84. The molecular weight excluding hydrogens is 337 g/mol. The van der Waals surface area contributed by atoms with Crippen LogP contribution in [0.1, 0.15) is 61.3 Å². The average molecular weight is 369 g/mol. The zero-order valence-electron chi connectivity index (χ0n) is 13.3. The van der Waals surface area contributed by atoms with Gasteiger partial charge in [-0.05, 0) is 38.1 Å². The standard InChI is InChI=1S/C15H32INO/c1-8-14(4,5)9-10-17(11-12-18-16)15(6,7)13(2)3/h13H,8-12H2,1-7H3. The van der Waals surface area contributed by atoms with Crippen LogP contribution in [0.25, 0.3) is 0 Å². The second kappa shape index (κ2) is 8.05. The van der Waals surface area contributed by atoms with Gasteiger partial charge in [0.05, 0.1) is 6.61 Å². The summed E-state index contributed by atoms with van der Waals surface area (Å²) in [6, 6.07) is 0. The molecule has 0 fully saturated rings. The normalized spacial score (nSPS) is 13.7. The molecule has 2 nitrogen and oxygen atoms in total. The molecule has 0 rings (SSSR count). The van der Waals surface area contributed by atoms with Gasteiger partial charge in [0.15, 0.2) is 0 Å². The van der Waals surface area contributed by atoms with Crippen LogP contribution in [0.2, 0.25) is 0 Å². The summed E-state index contributed by atoms with van der Waals surface area (Å²) in [4.78, 5) is 2.59. The molecule has 0 aromatic heterocycles. The predicted molar refractivity (Wildman–Crippen MR) is 89.2 cm³/mol. The molecule has 3 heteroatoms. The SMILES string of the molecule is CCC(C)(C)CCN(CCOI)C(C)(C)C(C)C. The molecule has 0 saturated heterocycles. The topological polar surface area (TPSA) is 12.5 Å². The first-order chi connectivity index (χ1) is 8.17. The highest BCUT2D eigenvalue weighted by Gasteiger charge is 2.30. The van der Waals surface area contributed by atoms with E-state index < -0.39 is 0 Å². The van der Waals surface area contributed by atoms with Gasteiger partial charge < -0.3 is 3.07 Å². The Labute approximate surface area is 129 Å². The second-order valence-corrected chi connectivity index (χ2v) is 7.50. The molecule has 0 aromatic rings. The molecular formula is C15H32INO. The van der Waals surface area contributed by atoms with Crippen molar-refractivity contribution in [2.45, 2.75) is 66.8 Å². The van der Waals surface area contributed by atoms with Crippen LogP contribution < -0.4 is 0 Å². The van der Waals surface area contributed by atoms with Crippen molar-refractivity contribution < 1.29 is 3.07 Å². The van der Waals surface area contributed by atoms with E-state index in [1.54, 1.807) is 0 Å². The summed E-state index contributed by atoms with van der Waals surface area (Å²) in [6.07, 6.45) is 2.49. The van der Waals surface area contributed by atoms with Crippen LogP contribution in [0.4, 0.5) is 0 Å². The van der Waals surface area contributed by atoms with Crippen LogP contribution in [-0.4, -0.2) is 30.1 Å². The van der Waals surface area contributed by atoms with Gasteiger partial charge in [-0.25, -0.2) is 0 Å². The summed E-state index contributed by atoms with van der Waals surface area (Å²) in [5.41, 5.74) is 0.676. The molecule has 0 radical (unpaired) electrons. The Bertz CT molecular complexity index is 227. The number of rotatable bonds is 9. The van der Waals surface area contributed by atoms with Crippen molar-refractivity contribution in [3.8, 4) is 0 Å². The quantitative estimate of drug-likeness (QED) is 0.535. The Kier molecular flexibility index (Phi) is 8.34. The largest absolute Gasteiger partial charge is 0.314 e. The molecule has 0 saturated carbocycles. The van der Waals surface area contributed by atoms with Gasteiger partial charge in [-0.1, -0.05) is 41.0 Å². The van der Waals surface area contributed by atoms with Crippen molar-refractivity contribution in [2.75, 3.05) is 19.7 Å². The minimum Gasteiger partial charge on any atom is -0.314 e. The maximum absolute atomic E-state index is 5.23. The third kappa shape index (κ3) is 6.20. The monoisotopic (exact) mass is 369 g/mol. The minimum atomic E-state index is 0.235. The van der Waals surface area contributed by atoms with Gasteiger partial charge in [0.25, 0.3) is 0 Å². The molecule has 0 unspecified atom stereocenters. The highest BCUT2D eigenvalue weighted by atomic mass is 127. The Balaban J connectivity index is 4.59. The summed E-state index contributed by atoms with van der Waals surface area (Å²) in [5, 5.41) is 0. The van der Waals surface area contributed by atoms with Crippen LogP contribution in [0.5, 0.6) is 0 Å². The zero-order chi connectivity index (χ0) is 14.4. The van der Waals surface area contributed by atoms with E-state index in [2.05, 4.69) is 53.4 Å². The van der Waals surface area contributed by atoms with Crippen molar-refractivity contribution in [3.05, 3.63) is 0 Å². The van der Waals surface area contributed by atoms with Crippen LogP contribution in [0, 0.1) is 11.3 Å². The molecule has 0 bridgehead atoms. The maximum Gasteiger partial charge on any atom is 0.109 e. The molecule has 0 amide bonds. The third-order valence-corrected chi connectivity index (χ3v) is 5.12. The zero-order valence-corrected chi connectivity index (χ0v) is 15.5. The lowest BCUT2D eigenvalue weighted by Gasteiger charge is -2.43. The Morgan fingerprint density at radius 1 is 1.11 bits per heavy atom. The maximum atomic E-state index is 5.23. The van der Waals surface area contributed by atoms with Crippen molar-refractivity contribution in [1.82, 2.24) is 4.90 Å². The van der Waals surface area contributed by atoms with E-state index in [0.717, 1.165) is 19.7 Å². The lowest BCUT2D eigenvalue weighted by Crippen LogP contribution is -2.50. The fourth-order valence-electron chi connectivity index (χ4n) is 1.81. The summed E-state index contributed by atoms with van der Waals surface area (Å²) in [7, 11) is 0. The van der Waals surface area contributed by atoms with E-state index in [9.17, 15) is 0 Å². The van der Waals surface area contributed by atoms with Gasteiger partial charge in [0, 0.05) is 12.1 Å². The Morgan fingerprint density at radius 2 is 1.67 bits per heavy atom. The summed E-state index contributed by atoms with van der Waals surface area (Å²) in [5.74, 6) is 0.649. The molecule has 0 aromatic carbocycles. The molecule has 0 N–H and O–H groups in total. The van der Waals surface area contributed by atoms with Crippen LogP contribution in [0.15, 0.2) is 0 Å². The molecule has 110 valence electrons.